The number of nitrogens with zero attached hydrogens (tertiary/aromatic N) is 3. The molecule has 0 bridgehead atoms. The summed E-state index contributed by atoms with van der Waals surface area (Å²) in [5, 5.41) is 14.5. The summed E-state index contributed by atoms with van der Waals surface area (Å²) in [5.74, 6) is -0.113. The first kappa shape index (κ1) is 25.0. The highest BCUT2D eigenvalue weighted by Gasteiger charge is 2.37. The van der Waals surface area contributed by atoms with E-state index in [-0.39, 0.29) is 26.1 Å². The number of hydrogen-bond donors (Lipinski definition) is 1. The molecule has 1 aliphatic heterocycles. The molecule has 8 nitrogen and oxygen atoms in total. The van der Waals surface area contributed by atoms with Crippen LogP contribution in [0, 0.1) is 5.92 Å². The van der Waals surface area contributed by atoms with Crippen molar-refractivity contribution in [1.29, 1.82) is 0 Å². The largest absolute Gasteiger partial charge is 0.465 e. The molecule has 33 heavy (non-hydrogen) atoms. The van der Waals surface area contributed by atoms with Crippen LogP contribution in [0.4, 0.5) is 23.8 Å². The van der Waals surface area contributed by atoms with Crippen LogP contribution in [0.15, 0.2) is 24.3 Å². The Bertz CT molecular complexity index is 1140. The summed E-state index contributed by atoms with van der Waals surface area (Å²) in [6.45, 7) is 5.78. The third kappa shape index (κ3) is 5.85. The minimum absolute atomic E-state index is 0.000140. The Morgan fingerprint density at radius 1 is 1.18 bits per heavy atom. The van der Waals surface area contributed by atoms with Gasteiger partial charge >= 0.3 is 12.3 Å². The van der Waals surface area contributed by atoms with E-state index >= 15 is 0 Å². The van der Waals surface area contributed by atoms with Crippen molar-refractivity contribution < 1.29 is 35.7 Å². The summed E-state index contributed by atoms with van der Waals surface area (Å²) in [4.78, 5) is 13.2. The lowest BCUT2D eigenvalue weighted by molar-refractivity contribution is -0.137. The Kier molecular flexibility index (Phi) is 6.55. The molecule has 0 saturated heterocycles. The monoisotopic (exact) mass is 489 g/mol. The van der Waals surface area contributed by atoms with E-state index < -0.39 is 39.3 Å². The maximum Gasteiger partial charge on any atom is 0.416 e. The van der Waals surface area contributed by atoms with Gasteiger partial charge in [0.1, 0.15) is 5.82 Å². The summed E-state index contributed by atoms with van der Waals surface area (Å²) in [5.41, 5.74) is 0.562. The first-order chi connectivity index (χ1) is 15.1. The third-order valence-electron chi connectivity index (χ3n) is 5.27. The van der Waals surface area contributed by atoms with Gasteiger partial charge in [0, 0.05) is 29.9 Å². The number of carboxylic acid groups (broad SMARTS) is 1. The highest BCUT2D eigenvalue weighted by atomic mass is 32.2. The van der Waals surface area contributed by atoms with Crippen molar-refractivity contribution in [2.45, 2.75) is 45.3 Å². The molecular weight excluding hydrogens is 463 g/mol. The Hall–Kier alpha value is -2.60. The Labute approximate surface area is 190 Å². The molecule has 12 heteroatoms. The zero-order chi connectivity index (χ0) is 24.8. The molecule has 0 aliphatic carbocycles. The number of anilines is 1. The van der Waals surface area contributed by atoms with E-state index in [0.717, 1.165) is 23.3 Å². The second kappa shape index (κ2) is 8.64. The molecular formula is C21H26F3N3O5S. The minimum Gasteiger partial charge on any atom is -0.465 e. The average molecular weight is 490 g/mol. The second-order valence-electron chi connectivity index (χ2n) is 9.20. The Balaban J connectivity index is 2.03. The quantitative estimate of drug-likeness (QED) is 0.640. The maximum atomic E-state index is 12.9. The van der Waals surface area contributed by atoms with Crippen LogP contribution < -0.4 is 4.90 Å². The van der Waals surface area contributed by atoms with Crippen molar-refractivity contribution in [2.75, 3.05) is 24.3 Å². The molecule has 0 spiro atoms. The van der Waals surface area contributed by atoms with Crippen molar-refractivity contribution in [3.8, 4) is 0 Å². The van der Waals surface area contributed by atoms with Crippen LogP contribution in [0.25, 0.3) is 0 Å². The average Bonchev–Trinajstić information content (AvgIpc) is 3.03. The lowest BCUT2D eigenvalue weighted by Gasteiger charge is -2.32. The first-order valence-electron chi connectivity index (χ1n) is 10.2. The standard InChI is InChI=1S/C21H26F3N3O5S/c1-20(2,3)17-16(9-13-5-7-15(8-6-13)21(22,23)24)18-26(19(28)29)10-14(11-27(18)25-17)12-32-33(4,30)31/h5-8,14H,9-12H2,1-4H3,(H,28,29). The number of carbonyl (C=O) groups is 1. The van der Waals surface area contributed by atoms with Gasteiger partial charge in [0.15, 0.2) is 0 Å². The van der Waals surface area contributed by atoms with E-state index in [4.69, 9.17) is 4.18 Å². The summed E-state index contributed by atoms with van der Waals surface area (Å²) in [7, 11) is -3.70. The number of halogens is 3. The number of rotatable bonds is 5. The molecule has 0 fully saturated rings. The molecule has 2 aromatic rings. The first-order valence-corrected chi connectivity index (χ1v) is 12.0. The molecule has 0 radical (unpaired) electrons. The summed E-state index contributed by atoms with van der Waals surface area (Å²) < 4.78 is 67.9. The normalized spacial score (nSPS) is 17.2. The fraction of sp³-hybridized carbons (Fsp3) is 0.524. The van der Waals surface area contributed by atoms with Gasteiger partial charge in [-0.2, -0.15) is 26.7 Å². The van der Waals surface area contributed by atoms with Crippen molar-refractivity contribution in [1.82, 2.24) is 9.78 Å². The third-order valence-corrected chi connectivity index (χ3v) is 5.83. The molecule has 182 valence electrons. The molecule has 1 aromatic carbocycles. The van der Waals surface area contributed by atoms with Gasteiger partial charge in [-0.25, -0.2) is 9.48 Å². The highest BCUT2D eigenvalue weighted by molar-refractivity contribution is 7.85. The van der Waals surface area contributed by atoms with E-state index in [0.29, 0.717) is 22.6 Å². The number of hydrogen-bond acceptors (Lipinski definition) is 5. The van der Waals surface area contributed by atoms with Crippen LogP contribution in [0.1, 0.15) is 43.2 Å². The summed E-state index contributed by atoms with van der Waals surface area (Å²) in [6, 6.07) is 4.73. The maximum absolute atomic E-state index is 12.9. The van der Waals surface area contributed by atoms with E-state index in [1.807, 2.05) is 20.8 Å². The molecule has 1 atom stereocenters. The lowest BCUT2D eigenvalue weighted by Crippen LogP contribution is -2.43. The second-order valence-corrected chi connectivity index (χ2v) is 10.8. The van der Waals surface area contributed by atoms with Crippen molar-refractivity contribution in [3.63, 3.8) is 0 Å². The summed E-state index contributed by atoms with van der Waals surface area (Å²) in [6.07, 6.45) is -4.58. The van der Waals surface area contributed by atoms with E-state index in [1.165, 1.54) is 16.8 Å². The van der Waals surface area contributed by atoms with Gasteiger partial charge in [0.05, 0.1) is 30.7 Å². The predicted molar refractivity (Wildman–Crippen MR) is 115 cm³/mol. The smallest absolute Gasteiger partial charge is 0.416 e. The summed E-state index contributed by atoms with van der Waals surface area (Å²) >= 11 is 0. The van der Waals surface area contributed by atoms with Gasteiger partial charge in [-0.05, 0) is 17.7 Å². The Morgan fingerprint density at radius 2 is 1.79 bits per heavy atom. The lowest BCUT2D eigenvalue weighted by atomic mass is 9.87. The number of fused-ring (bicyclic) bond motifs is 1. The van der Waals surface area contributed by atoms with Gasteiger partial charge in [-0.3, -0.25) is 9.08 Å². The van der Waals surface area contributed by atoms with E-state index in [2.05, 4.69) is 5.10 Å². The van der Waals surface area contributed by atoms with Crippen LogP contribution in [-0.2, 0) is 38.9 Å². The molecule has 1 aliphatic rings. The van der Waals surface area contributed by atoms with Gasteiger partial charge < -0.3 is 5.11 Å². The fourth-order valence-corrected chi connectivity index (χ4v) is 4.28. The molecule has 1 amide bonds. The number of alkyl halides is 3. The zero-order valence-electron chi connectivity index (χ0n) is 18.7. The Morgan fingerprint density at radius 3 is 2.27 bits per heavy atom. The molecule has 3 rings (SSSR count). The molecule has 1 N–H and O–H groups in total. The van der Waals surface area contributed by atoms with Gasteiger partial charge in [0.2, 0.25) is 0 Å². The van der Waals surface area contributed by atoms with Crippen molar-refractivity contribution in [2.24, 2.45) is 5.92 Å². The molecule has 1 unspecified atom stereocenters. The topological polar surface area (TPSA) is 102 Å². The minimum atomic E-state index is -4.45. The molecule has 0 saturated carbocycles. The van der Waals surface area contributed by atoms with Crippen LogP contribution in [0.3, 0.4) is 0 Å². The number of benzene rings is 1. The number of aromatic nitrogens is 2. The van der Waals surface area contributed by atoms with Crippen molar-refractivity contribution in [3.05, 3.63) is 46.6 Å². The number of amides is 1. The predicted octanol–water partition coefficient (Wildman–Crippen LogP) is 3.88. The van der Waals surface area contributed by atoms with Crippen LogP contribution in [-0.4, -0.2) is 48.8 Å². The van der Waals surface area contributed by atoms with Crippen LogP contribution in [0.5, 0.6) is 0 Å². The van der Waals surface area contributed by atoms with Crippen LogP contribution in [0.2, 0.25) is 0 Å². The van der Waals surface area contributed by atoms with Crippen LogP contribution >= 0.6 is 0 Å². The van der Waals surface area contributed by atoms with E-state index in [1.54, 1.807) is 0 Å². The van der Waals surface area contributed by atoms with Gasteiger partial charge in [-0.1, -0.05) is 32.9 Å². The van der Waals surface area contributed by atoms with Gasteiger partial charge in [0.25, 0.3) is 10.1 Å². The molecule has 2 heterocycles. The molecule has 1 aromatic heterocycles. The van der Waals surface area contributed by atoms with Gasteiger partial charge in [-0.15, -0.1) is 0 Å². The van der Waals surface area contributed by atoms with E-state index in [9.17, 15) is 31.5 Å². The highest BCUT2D eigenvalue weighted by Crippen LogP contribution is 2.37. The SMILES string of the molecule is CC(C)(C)c1nn2c(c1Cc1ccc(C(F)(F)F)cc1)N(C(=O)O)CC(COS(C)(=O)=O)C2. The zero-order valence-corrected chi connectivity index (χ0v) is 19.5. The van der Waals surface area contributed by atoms with Crippen molar-refractivity contribution >= 4 is 22.0 Å². The fourth-order valence-electron chi connectivity index (χ4n) is 3.84.